The van der Waals surface area contributed by atoms with Gasteiger partial charge in [-0.1, -0.05) is 0 Å². The molecule has 0 saturated heterocycles. The molecule has 0 spiro atoms. The third-order valence-corrected chi connectivity index (χ3v) is 21.2. The molecule has 4 rings (SSSR count). The Labute approximate surface area is 136 Å². The van der Waals surface area contributed by atoms with Gasteiger partial charge >= 0.3 is 138 Å². The molecule has 0 N–H and O–H groups in total. The van der Waals surface area contributed by atoms with Crippen molar-refractivity contribution < 1.29 is 0 Å². The third-order valence-electron chi connectivity index (χ3n) is 2.53. The summed E-state index contributed by atoms with van der Waals surface area (Å²) >= 11 is 6.90. The summed E-state index contributed by atoms with van der Waals surface area (Å²) in [7, 11) is 0. The Balaban J connectivity index is 1.83. The maximum absolute atomic E-state index is 2.32. The van der Waals surface area contributed by atoms with Crippen molar-refractivity contribution >= 4 is 84.1 Å². The summed E-state index contributed by atoms with van der Waals surface area (Å²) in [5, 5.41) is 4.45. The molecule has 18 heavy (non-hydrogen) atoms. The van der Waals surface area contributed by atoms with Gasteiger partial charge in [0.15, 0.2) is 0 Å². The summed E-state index contributed by atoms with van der Waals surface area (Å²) in [6, 6.07) is 9.04. The Hall–Kier alpha value is 0.958. The quantitative estimate of drug-likeness (QED) is 0.525. The summed E-state index contributed by atoms with van der Waals surface area (Å²) in [5.41, 5.74) is 0. The van der Waals surface area contributed by atoms with Crippen LogP contribution in [0.3, 0.4) is 0 Å². The molecular formula is C12H6S2Se4. The van der Waals surface area contributed by atoms with Gasteiger partial charge in [-0.15, -0.1) is 0 Å². The molecule has 0 bridgehead atoms. The zero-order valence-corrected chi connectivity index (χ0v) is 17.4. The summed E-state index contributed by atoms with van der Waals surface area (Å²) in [6.45, 7) is 0. The predicted molar refractivity (Wildman–Crippen MR) is 85.5 cm³/mol. The molecule has 90 valence electrons. The second-order valence-electron chi connectivity index (χ2n) is 3.60. The first-order valence-electron chi connectivity index (χ1n) is 5.19. The van der Waals surface area contributed by atoms with Crippen molar-refractivity contribution in [1.29, 1.82) is 0 Å². The molecule has 2 aromatic heterocycles. The second-order valence-corrected chi connectivity index (χ2v) is 17.6. The van der Waals surface area contributed by atoms with Gasteiger partial charge in [-0.3, -0.25) is 0 Å². The summed E-state index contributed by atoms with van der Waals surface area (Å²) in [6.07, 6.45) is 0. The number of hydrogen-bond acceptors (Lipinski definition) is 2. The van der Waals surface area contributed by atoms with Gasteiger partial charge in [0.1, 0.15) is 0 Å². The van der Waals surface area contributed by atoms with Crippen LogP contribution in [0.5, 0.6) is 0 Å². The van der Waals surface area contributed by atoms with Gasteiger partial charge in [0.25, 0.3) is 0 Å². The number of thiophene rings is 2. The zero-order valence-electron chi connectivity index (χ0n) is 8.91. The standard InChI is InChI=1S/C12H6S2Se4/c1-3-7(13-5-1)9-11-12(18-15-9)10(16-17-11)8-4-2-6-14-8/h1-6H. The predicted octanol–water partition coefficient (Wildman–Crippen LogP) is 2.52. The normalized spacial score (nSPS) is 18.9. The maximum atomic E-state index is 2.32. The molecule has 6 heteroatoms. The molecule has 0 nitrogen and oxygen atoms in total. The van der Waals surface area contributed by atoms with E-state index in [9.17, 15) is 0 Å². The Bertz CT molecular complexity index is 579. The van der Waals surface area contributed by atoms with Crippen LogP contribution in [0, 0.1) is 0 Å². The van der Waals surface area contributed by atoms with Crippen LogP contribution in [0.15, 0.2) is 44.0 Å². The van der Waals surface area contributed by atoms with E-state index in [1.54, 1.807) is 18.7 Å². The first-order valence-corrected chi connectivity index (χ1v) is 19.0. The molecule has 2 aliphatic heterocycles. The van der Waals surface area contributed by atoms with E-state index >= 15 is 0 Å². The first kappa shape index (κ1) is 12.7. The molecule has 0 amide bonds. The van der Waals surface area contributed by atoms with Crippen LogP contribution >= 0.6 is 22.7 Å². The van der Waals surface area contributed by atoms with E-state index < -0.39 is 0 Å². The number of hydrogen-bond donors (Lipinski definition) is 0. The monoisotopic (exact) mass is 534 g/mol. The zero-order chi connectivity index (χ0) is 11.9. The topological polar surface area (TPSA) is 0 Å². The fourth-order valence-corrected chi connectivity index (χ4v) is 32.0. The van der Waals surface area contributed by atoms with E-state index in [1.165, 1.54) is 0 Å². The average molecular weight is 530 g/mol. The van der Waals surface area contributed by atoms with Gasteiger partial charge in [0.2, 0.25) is 0 Å². The van der Waals surface area contributed by atoms with E-state index in [-0.39, 0.29) is 0 Å². The van der Waals surface area contributed by atoms with E-state index in [0.29, 0.717) is 0 Å². The van der Waals surface area contributed by atoms with E-state index in [1.807, 2.05) is 31.6 Å². The van der Waals surface area contributed by atoms with E-state index in [4.69, 9.17) is 0 Å². The van der Waals surface area contributed by atoms with Gasteiger partial charge in [0.05, 0.1) is 0 Å². The Kier molecular flexibility index (Phi) is 3.80. The Morgan fingerprint density at radius 1 is 0.611 bits per heavy atom. The SMILES string of the molecule is c1csc(C2=C3[Se][Se]C(c4cccs4)=C3[Se][Se]2)c1. The van der Waals surface area contributed by atoms with Crippen LogP contribution in [0.2, 0.25) is 0 Å². The van der Waals surface area contributed by atoms with Crippen molar-refractivity contribution in [2.75, 3.05) is 0 Å². The van der Waals surface area contributed by atoms with Crippen molar-refractivity contribution in [3.05, 3.63) is 53.7 Å². The fraction of sp³-hybridized carbons (Fsp3) is 0. The molecular weight excluding hydrogens is 524 g/mol. The molecule has 0 aromatic carbocycles. The molecule has 2 aromatic rings. The molecule has 0 unspecified atom stereocenters. The number of rotatable bonds is 2. The van der Waals surface area contributed by atoms with Crippen molar-refractivity contribution in [3.8, 4) is 0 Å². The summed E-state index contributed by atoms with van der Waals surface area (Å²) < 4.78 is 7.16. The Morgan fingerprint density at radius 3 is 1.44 bits per heavy atom. The van der Waals surface area contributed by atoms with Gasteiger partial charge < -0.3 is 0 Å². The number of fused-ring (bicyclic) bond motifs is 1. The molecule has 0 radical (unpaired) electrons. The minimum atomic E-state index is 0.753. The molecule has 2 aliphatic rings. The van der Waals surface area contributed by atoms with Crippen LogP contribution < -0.4 is 0 Å². The van der Waals surface area contributed by atoms with Crippen LogP contribution in [-0.2, 0) is 0 Å². The first-order chi connectivity index (χ1) is 8.93. The molecule has 0 fully saturated rings. The molecule has 0 saturated carbocycles. The van der Waals surface area contributed by atoms with Crippen LogP contribution in [0.25, 0.3) is 8.94 Å². The van der Waals surface area contributed by atoms with Gasteiger partial charge in [0, 0.05) is 0 Å². The molecule has 4 heterocycles. The van der Waals surface area contributed by atoms with Crippen molar-refractivity contribution in [3.63, 3.8) is 0 Å². The van der Waals surface area contributed by atoms with Gasteiger partial charge in [-0.05, 0) is 0 Å². The number of allylic oxidation sites excluding steroid dienone is 2. The van der Waals surface area contributed by atoms with Gasteiger partial charge in [-0.25, -0.2) is 0 Å². The Morgan fingerprint density at radius 2 is 1.06 bits per heavy atom. The van der Waals surface area contributed by atoms with E-state index in [2.05, 4.69) is 35.0 Å². The average Bonchev–Trinajstić information content (AvgIpc) is 3.14. The van der Waals surface area contributed by atoms with Crippen molar-refractivity contribution in [2.24, 2.45) is 0 Å². The summed E-state index contributed by atoms with van der Waals surface area (Å²) in [4.78, 5) is 3.12. The van der Waals surface area contributed by atoms with Crippen molar-refractivity contribution in [2.45, 2.75) is 0 Å². The van der Waals surface area contributed by atoms with Gasteiger partial charge in [-0.2, -0.15) is 0 Å². The third kappa shape index (κ3) is 2.14. The van der Waals surface area contributed by atoms with Crippen molar-refractivity contribution in [1.82, 2.24) is 0 Å². The fourth-order valence-electron chi connectivity index (χ4n) is 1.72. The molecule has 0 atom stereocenters. The van der Waals surface area contributed by atoms with E-state index in [0.717, 1.165) is 52.5 Å². The van der Waals surface area contributed by atoms with Crippen LogP contribution in [0.1, 0.15) is 9.75 Å². The summed E-state index contributed by atoms with van der Waals surface area (Å²) in [5.74, 6) is 0. The second kappa shape index (κ2) is 5.39. The molecule has 0 aliphatic carbocycles. The minimum absolute atomic E-state index is 0.753. The van der Waals surface area contributed by atoms with Crippen LogP contribution in [-0.4, -0.2) is 52.5 Å². The van der Waals surface area contributed by atoms with Crippen LogP contribution in [0.4, 0.5) is 0 Å².